The third-order valence-electron chi connectivity index (χ3n) is 4.90. The molecule has 0 saturated heterocycles. The molecular weight excluding hydrogens is 388 g/mol. The minimum Gasteiger partial charge on any atom is -0.300 e. The predicted molar refractivity (Wildman–Crippen MR) is 113 cm³/mol. The number of nitrogens with zero attached hydrogens (tertiary/aromatic N) is 5. The zero-order valence-electron chi connectivity index (χ0n) is 16.6. The Kier molecular flexibility index (Phi) is 4.75. The SMILES string of the molecule is Cc1cc(C)c(-c2csc(NC(=O)Cn3cnc4c(cnn4C)c3=O)n2)cc1C. The lowest BCUT2D eigenvalue weighted by Crippen LogP contribution is -2.27. The summed E-state index contributed by atoms with van der Waals surface area (Å²) < 4.78 is 2.79. The maximum Gasteiger partial charge on any atom is 0.264 e. The zero-order chi connectivity index (χ0) is 20.7. The third-order valence-corrected chi connectivity index (χ3v) is 5.66. The highest BCUT2D eigenvalue weighted by Crippen LogP contribution is 2.29. The van der Waals surface area contributed by atoms with Gasteiger partial charge in [0.25, 0.3) is 5.56 Å². The van der Waals surface area contributed by atoms with E-state index in [2.05, 4.69) is 46.4 Å². The van der Waals surface area contributed by atoms with E-state index >= 15 is 0 Å². The normalized spacial score (nSPS) is 11.2. The first-order chi connectivity index (χ1) is 13.8. The van der Waals surface area contributed by atoms with Crippen molar-refractivity contribution in [3.05, 3.63) is 57.1 Å². The summed E-state index contributed by atoms with van der Waals surface area (Å²) in [6, 6.07) is 4.25. The topological polar surface area (TPSA) is 94.7 Å². The van der Waals surface area contributed by atoms with Crippen molar-refractivity contribution in [2.24, 2.45) is 7.05 Å². The van der Waals surface area contributed by atoms with Crippen LogP contribution in [0.4, 0.5) is 5.13 Å². The molecule has 1 aromatic carbocycles. The summed E-state index contributed by atoms with van der Waals surface area (Å²) in [7, 11) is 1.71. The molecule has 0 fully saturated rings. The van der Waals surface area contributed by atoms with Crippen LogP contribution in [0.5, 0.6) is 0 Å². The minimum absolute atomic E-state index is 0.145. The Morgan fingerprint density at radius 3 is 2.72 bits per heavy atom. The number of aromatic nitrogens is 5. The molecule has 4 aromatic rings. The molecule has 0 spiro atoms. The second-order valence-electron chi connectivity index (χ2n) is 7.02. The number of aryl methyl sites for hydroxylation is 4. The summed E-state index contributed by atoms with van der Waals surface area (Å²) in [6.07, 6.45) is 2.82. The molecule has 0 aliphatic rings. The number of amides is 1. The average Bonchev–Trinajstić information content (AvgIpc) is 3.28. The van der Waals surface area contributed by atoms with Crippen LogP contribution in [-0.2, 0) is 18.4 Å². The van der Waals surface area contributed by atoms with Gasteiger partial charge in [-0.2, -0.15) is 5.10 Å². The van der Waals surface area contributed by atoms with Gasteiger partial charge in [-0.1, -0.05) is 6.07 Å². The molecule has 8 nitrogen and oxygen atoms in total. The molecule has 29 heavy (non-hydrogen) atoms. The largest absolute Gasteiger partial charge is 0.300 e. The standard InChI is InChI=1S/C20H20N6O2S/c1-11-5-13(3)14(6-12(11)2)16-9-29-20(23-16)24-17(27)8-26-10-21-18-15(19(26)28)7-22-25(18)4/h5-7,9-10H,8H2,1-4H3,(H,23,24,27). The van der Waals surface area contributed by atoms with Crippen LogP contribution < -0.4 is 10.9 Å². The Labute approximate surface area is 170 Å². The van der Waals surface area contributed by atoms with Gasteiger partial charge in [-0.05, 0) is 43.5 Å². The summed E-state index contributed by atoms with van der Waals surface area (Å²) >= 11 is 1.35. The summed E-state index contributed by atoms with van der Waals surface area (Å²) in [5.74, 6) is -0.338. The summed E-state index contributed by atoms with van der Waals surface area (Å²) in [5, 5.41) is 9.58. The second-order valence-corrected chi connectivity index (χ2v) is 7.88. The highest BCUT2D eigenvalue weighted by atomic mass is 32.1. The summed E-state index contributed by atoms with van der Waals surface area (Å²) in [4.78, 5) is 33.7. The Morgan fingerprint density at radius 2 is 1.93 bits per heavy atom. The van der Waals surface area contributed by atoms with Crippen molar-refractivity contribution in [2.75, 3.05) is 5.32 Å². The van der Waals surface area contributed by atoms with Crippen LogP contribution in [0, 0.1) is 20.8 Å². The number of anilines is 1. The van der Waals surface area contributed by atoms with E-state index in [0.29, 0.717) is 16.2 Å². The zero-order valence-corrected chi connectivity index (χ0v) is 17.4. The Balaban J connectivity index is 1.52. The lowest BCUT2D eigenvalue weighted by Gasteiger charge is -2.07. The van der Waals surface area contributed by atoms with E-state index in [1.165, 1.54) is 44.2 Å². The molecule has 0 saturated carbocycles. The Bertz CT molecular complexity index is 1300. The molecule has 3 heterocycles. The second kappa shape index (κ2) is 7.25. The Hall–Kier alpha value is -3.33. The molecular formula is C20H20N6O2S. The molecule has 0 bridgehead atoms. The van der Waals surface area contributed by atoms with Crippen molar-refractivity contribution in [2.45, 2.75) is 27.3 Å². The van der Waals surface area contributed by atoms with Crippen molar-refractivity contribution in [1.82, 2.24) is 24.3 Å². The van der Waals surface area contributed by atoms with Gasteiger partial charge in [0.2, 0.25) is 5.91 Å². The number of hydrogen-bond donors (Lipinski definition) is 1. The number of thiazole rings is 1. The number of hydrogen-bond acceptors (Lipinski definition) is 6. The fraction of sp³-hybridized carbons (Fsp3) is 0.250. The highest BCUT2D eigenvalue weighted by molar-refractivity contribution is 7.14. The van der Waals surface area contributed by atoms with Crippen LogP contribution in [-0.4, -0.2) is 30.2 Å². The van der Waals surface area contributed by atoms with Crippen molar-refractivity contribution in [3.8, 4) is 11.3 Å². The molecule has 9 heteroatoms. The van der Waals surface area contributed by atoms with Gasteiger partial charge < -0.3 is 5.32 Å². The van der Waals surface area contributed by atoms with Gasteiger partial charge in [-0.3, -0.25) is 18.8 Å². The molecule has 1 amide bonds. The first-order valence-corrected chi connectivity index (χ1v) is 9.92. The van der Waals surface area contributed by atoms with Gasteiger partial charge in [-0.15, -0.1) is 11.3 Å². The van der Waals surface area contributed by atoms with E-state index in [0.717, 1.165) is 16.8 Å². The maximum atomic E-state index is 12.5. The quantitative estimate of drug-likeness (QED) is 0.560. The highest BCUT2D eigenvalue weighted by Gasteiger charge is 2.13. The molecule has 1 N–H and O–H groups in total. The predicted octanol–water partition coefficient (Wildman–Crippen LogP) is 2.82. The fourth-order valence-electron chi connectivity index (χ4n) is 3.18. The molecule has 4 rings (SSSR count). The van der Waals surface area contributed by atoms with Gasteiger partial charge in [0, 0.05) is 18.0 Å². The van der Waals surface area contributed by atoms with Gasteiger partial charge in [0.15, 0.2) is 10.8 Å². The van der Waals surface area contributed by atoms with E-state index in [9.17, 15) is 9.59 Å². The summed E-state index contributed by atoms with van der Waals surface area (Å²) in [5.41, 5.74) is 5.62. The van der Waals surface area contributed by atoms with Crippen LogP contribution in [0.15, 0.2) is 34.8 Å². The number of carbonyl (C=O) groups excluding carboxylic acids is 1. The molecule has 0 aliphatic carbocycles. The molecule has 0 radical (unpaired) electrons. The van der Waals surface area contributed by atoms with Crippen molar-refractivity contribution in [3.63, 3.8) is 0 Å². The average molecular weight is 408 g/mol. The molecule has 0 aliphatic heterocycles. The lowest BCUT2D eigenvalue weighted by atomic mass is 9.99. The van der Waals surface area contributed by atoms with Crippen LogP contribution in [0.1, 0.15) is 16.7 Å². The van der Waals surface area contributed by atoms with E-state index in [1.807, 2.05) is 12.3 Å². The van der Waals surface area contributed by atoms with E-state index in [-0.39, 0.29) is 18.0 Å². The van der Waals surface area contributed by atoms with Crippen LogP contribution in [0.3, 0.4) is 0 Å². The van der Waals surface area contributed by atoms with Crippen molar-refractivity contribution < 1.29 is 4.79 Å². The molecule has 3 aromatic heterocycles. The first-order valence-electron chi connectivity index (χ1n) is 9.04. The first kappa shape index (κ1) is 19.0. The summed E-state index contributed by atoms with van der Waals surface area (Å²) in [6.45, 7) is 6.05. The lowest BCUT2D eigenvalue weighted by molar-refractivity contribution is -0.116. The molecule has 0 atom stereocenters. The molecule has 0 unspecified atom stereocenters. The van der Waals surface area contributed by atoms with Gasteiger partial charge >= 0.3 is 0 Å². The fourth-order valence-corrected chi connectivity index (χ4v) is 3.91. The smallest absolute Gasteiger partial charge is 0.264 e. The van der Waals surface area contributed by atoms with Gasteiger partial charge in [-0.25, -0.2) is 9.97 Å². The minimum atomic E-state index is -0.338. The van der Waals surface area contributed by atoms with Crippen molar-refractivity contribution in [1.29, 1.82) is 0 Å². The number of fused-ring (bicyclic) bond motifs is 1. The van der Waals surface area contributed by atoms with Gasteiger partial charge in [0.05, 0.1) is 11.9 Å². The van der Waals surface area contributed by atoms with E-state index < -0.39 is 0 Å². The number of rotatable bonds is 4. The maximum absolute atomic E-state index is 12.5. The number of nitrogens with one attached hydrogen (secondary N) is 1. The van der Waals surface area contributed by atoms with Gasteiger partial charge in [0.1, 0.15) is 18.3 Å². The Morgan fingerprint density at radius 1 is 1.17 bits per heavy atom. The third kappa shape index (κ3) is 3.56. The number of carbonyl (C=O) groups is 1. The van der Waals surface area contributed by atoms with Crippen LogP contribution >= 0.6 is 11.3 Å². The van der Waals surface area contributed by atoms with Crippen LogP contribution in [0.25, 0.3) is 22.3 Å². The van der Waals surface area contributed by atoms with E-state index in [4.69, 9.17) is 0 Å². The molecule has 148 valence electrons. The van der Waals surface area contributed by atoms with Crippen LogP contribution in [0.2, 0.25) is 0 Å². The van der Waals surface area contributed by atoms with Crippen molar-refractivity contribution >= 4 is 33.4 Å². The number of benzene rings is 1. The van der Waals surface area contributed by atoms with E-state index in [1.54, 1.807) is 7.05 Å². The monoisotopic (exact) mass is 408 g/mol.